The Morgan fingerprint density at radius 1 is 1.43 bits per heavy atom. The van der Waals surface area contributed by atoms with E-state index in [1.165, 1.54) is 17.1 Å². The Morgan fingerprint density at radius 3 is 2.71 bits per heavy atom. The number of nitrogens with zero attached hydrogens (tertiary/aromatic N) is 3. The van der Waals surface area contributed by atoms with Gasteiger partial charge in [0, 0.05) is 18.6 Å². The first-order valence-corrected chi connectivity index (χ1v) is 8.03. The smallest absolute Gasteiger partial charge is 0.241 e. The molecule has 0 saturated carbocycles. The number of halogens is 1. The van der Waals surface area contributed by atoms with Gasteiger partial charge < -0.3 is 5.73 Å². The highest BCUT2D eigenvalue weighted by Gasteiger charge is 2.20. The maximum atomic E-state index is 12.4. The topological polar surface area (TPSA) is 103 Å². The molecule has 1 aromatic carbocycles. The average molecular weight is 330 g/mol. The molecule has 0 fully saturated rings. The summed E-state index contributed by atoms with van der Waals surface area (Å²) in [6, 6.07) is 3.07. The maximum absolute atomic E-state index is 12.4. The van der Waals surface area contributed by atoms with E-state index in [2.05, 4.69) is 14.8 Å². The second-order valence-corrected chi connectivity index (χ2v) is 6.72. The van der Waals surface area contributed by atoms with Crippen LogP contribution in [0.5, 0.6) is 0 Å². The van der Waals surface area contributed by atoms with Crippen molar-refractivity contribution in [2.45, 2.75) is 24.9 Å². The van der Waals surface area contributed by atoms with E-state index in [-0.39, 0.29) is 18.0 Å². The van der Waals surface area contributed by atoms with Crippen LogP contribution in [0.2, 0.25) is 5.02 Å². The Bertz CT molecular complexity index is 757. The Kier molecular flexibility index (Phi) is 4.62. The van der Waals surface area contributed by atoms with E-state index in [9.17, 15) is 8.42 Å². The van der Waals surface area contributed by atoms with E-state index >= 15 is 0 Å². The largest absolute Gasteiger partial charge is 0.326 e. The van der Waals surface area contributed by atoms with Gasteiger partial charge in [0.1, 0.15) is 6.33 Å². The number of aryl methyl sites for hydroxylation is 1. The zero-order valence-corrected chi connectivity index (χ0v) is 13.2. The first-order chi connectivity index (χ1) is 9.83. The molecule has 0 aliphatic carbocycles. The summed E-state index contributed by atoms with van der Waals surface area (Å²) in [5.41, 5.74) is 6.88. The number of aromatic nitrogens is 3. The van der Waals surface area contributed by atoms with Crippen molar-refractivity contribution in [2.75, 3.05) is 0 Å². The number of benzene rings is 1. The molecular weight excluding hydrogens is 314 g/mol. The number of nitrogens with one attached hydrogen (secondary N) is 1. The minimum atomic E-state index is -3.71. The SMILES string of the molecule is Cc1c(CN)cc(Cl)cc1S(=O)(=O)NCc1ncn(C)n1. The van der Waals surface area contributed by atoms with Crippen LogP contribution in [0.25, 0.3) is 0 Å². The Balaban J connectivity index is 2.29. The minimum absolute atomic E-state index is 0.00703. The van der Waals surface area contributed by atoms with Gasteiger partial charge >= 0.3 is 0 Å². The van der Waals surface area contributed by atoms with Crippen LogP contribution < -0.4 is 10.5 Å². The van der Waals surface area contributed by atoms with Gasteiger partial charge in [-0.25, -0.2) is 18.1 Å². The first-order valence-electron chi connectivity index (χ1n) is 6.16. The Morgan fingerprint density at radius 2 is 2.14 bits per heavy atom. The summed E-state index contributed by atoms with van der Waals surface area (Å²) in [4.78, 5) is 4.08. The molecule has 2 aromatic rings. The molecule has 0 unspecified atom stereocenters. The van der Waals surface area contributed by atoms with Crippen molar-refractivity contribution in [3.63, 3.8) is 0 Å². The van der Waals surface area contributed by atoms with Gasteiger partial charge in [-0.2, -0.15) is 5.10 Å². The molecule has 0 amide bonds. The van der Waals surface area contributed by atoms with Gasteiger partial charge in [0.2, 0.25) is 10.0 Å². The lowest BCUT2D eigenvalue weighted by molar-refractivity contribution is 0.578. The molecular formula is C12H16ClN5O2S. The molecule has 3 N–H and O–H groups in total. The summed E-state index contributed by atoms with van der Waals surface area (Å²) in [7, 11) is -2.01. The van der Waals surface area contributed by atoms with Crippen molar-refractivity contribution in [1.29, 1.82) is 0 Å². The van der Waals surface area contributed by atoms with Crippen LogP contribution in [0.3, 0.4) is 0 Å². The molecule has 114 valence electrons. The van der Waals surface area contributed by atoms with Gasteiger partial charge in [0.25, 0.3) is 0 Å². The lowest BCUT2D eigenvalue weighted by Crippen LogP contribution is -2.25. The van der Waals surface area contributed by atoms with Crippen LogP contribution in [0.15, 0.2) is 23.4 Å². The molecule has 0 atom stereocenters. The molecule has 0 bridgehead atoms. The molecule has 9 heteroatoms. The summed E-state index contributed by atoms with van der Waals surface area (Å²) in [5, 5.41) is 4.34. The van der Waals surface area contributed by atoms with Gasteiger partial charge in [-0.3, -0.25) is 4.68 Å². The van der Waals surface area contributed by atoms with E-state index in [1.807, 2.05) is 0 Å². The van der Waals surface area contributed by atoms with Gasteiger partial charge in [0.05, 0.1) is 11.4 Å². The van der Waals surface area contributed by atoms with Gasteiger partial charge in [-0.15, -0.1) is 0 Å². The molecule has 2 rings (SSSR count). The molecule has 1 heterocycles. The monoisotopic (exact) mass is 329 g/mol. The number of sulfonamides is 1. The van der Waals surface area contributed by atoms with Gasteiger partial charge in [-0.1, -0.05) is 11.6 Å². The summed E-state index contributed by atoms with van der Waals surface area (Å²) in [6.45, 7) is 1.93. The molecule has 0 aliphatic rings. The fourth-order valence-corrected chi connectivity index (χ4v) is 3.50. The van der Waals surface area contributed by atoms with E-state index in [1.54, 1.807) is 20.0 Å². The van der Waals surface area contributed by atoms with Crippen molar-refractivity contribution < 1.29 is 8.42 Å². The lowest BCUT2D eigenvalue weighted by atomic mass is 10.1. The normalized spacial score (nSPS) is 11.8. The molecule has 0 spiro atoms. The van der Waals surface area contributed by atoms with Crippen LogP contribution in [-0.4, -0.2) is 23.2 Å². The highest BCUT2D eigenvalue weighted by Crippen LogP contribution is 2.24. The molecule has 1 aromatic heterocycles. The van der Waals surface area contributed by atoms with Crippen molar-refractivity contribution in [2.24, 2.45) is 12.8 Å². The fraction of sp³-hybridized carbons (Fsp3) is 0.333. The van der Waals surface area contributed by atoms with E-state index < -0.39 is 10.0 Å². The van der Waals surface area contributed by atoms with Crippen LogP contribution in [0, 0.1) is 6.92 Å². The standard InChI is InChI=1S/C12H16ClN5O2S/c1-8-9(5-14)3-10(13)4-11(8)21(19,20)16-6-12-15-7-18(2)17-12/h3-4,7,16H,5-6,14H2,1-2H3. The summed E-state index contributed by atoms with van der Waals surface area (Å²) in [6.07, 6.45) is 1.50. The Labute approximate surface area is 128 Å². The van der Waals surface area contributed by atoms with E-state index in [4.69, 9.17) is 17.3 Å². The van der Waals surface area contributed by atoms with Crippen LogP contribution in [0.1, 0.15) is 17.0 Å². The van der Waals surface area contributed by atoms with Crippen LogP contribution in [0.4, 0.5) is 0 Å². The number of rotatable bonds is 5. The van der Waals surface area contributed by atoms with Crippen LogP contribution in [-0.2, 0) is 30.2 Å². The molecule has 0 radical (unpaired) electrons. The summed E-state index contributed by atoms with van der Waals surface area (Å²) < 4.78 is 28.7. The van der Waals surface area contributed by atoms with E-state index in [0.717, 1.165) is 0 Å². The minimum Gasteiger partial charge on any atom is -0.326 e. The average Bonchev–Trinajstić information content (AvgIpc) is 2.84. The maximum Gasteiger partial charge on any atom is 0.241 e. The highest BCUT2D eigenvalue weighted by molar-refractivity contribution is 7.89. The number of hydrogen-bond donors (Lipinski definition) is 2. The highest BCUT2D eigenvalue weighted by atomic mass is 35.5. The fourth-order valence-electron chi connectivity index (χ4n) is 1.90. The van der Waals surface area contributed by atoms with Gasteiger partial charge in [0.15, 0.2) is 5.82 Å². The number of nitrogens with two attached hydrogens (primary N) is 1. The van der Waals surface area contributed by atoms with Gasteiger partial charge in [-0.05, 0) is 30.2 Å². The molecule has 7 nitrogen and oxygen atoms in total. The number of hydrogen-bond acceptors (Lipinski definition) is 5. The third kappa shape index (κ3) is 3.59. The molecule has 0 saturated heterocycles. The first kappa shape index (κ1) is 15.9. The van der Waals surface area contributed by atoms with Crippen LogP contribution >= 0.6 is 11.6 Å². The third-order valence-corrected chi connectivity index (χ3v) is 4.75. The second-order valence-electron chi connectivity index (χ2n) is 4.55. The lowest BCUT2D eigenvalue weighted by Gasteiger charge is -2.12. The van der Waals surface area contributed by atoms with E-state index in [0.29, 0.717) is 22.0 Å². The zero-order valence-electron chi connectivity index (χ0n) is 11.7. The molecule has 21 heavy (non-hydrogen) atoms. The van der Waals surface area contributed by atoms with Crippen molar-refractivity contribution in [3.8, 4) is 0 Å². The quantitative estimate of drug-likeness (QED) is 0.841. The van der Waals surface area contributed by atoms with Crippen molar-refractivity contribution in [3.05, 3.63) is 40.4 Å². The van der Waals surface area contributed by atoms with Crippen molar-refractivity contribution >= 4 is 21.6 Å². The third-order valence-electron chi connectivity index (χ3n) is 3.01. The predicted octanol–water partition coefficient (Wildman–Crippen LogP) is 0.714. The predicted molar refractivity (Wildman–Crippen MR) is 79.1 cm³/mol. The second kappa shape index (κ2) is 6.10. The summed E-state index contributed by atoms with van der Waals surface area (Å²) >= 11 is 5.95. The zero-order chi connectivity index (χ0) is 15.6. The van der Waals surface area contributed by atoms with Crippen molar-refractivity contribution in [1.82, 2.24) is 19.5 Å². The molecule has 0 aliphatic heterocycles. The summed E-state index contributed by atoms with van der Waals surface area (Å²) in [5.74, 6) is 0.389. The Hall–Kier alpha value is -1.48.